The molecule has 0 spiro atoms. The molecule has 0 bridgehead atoms. The molecule has 2 aliphatic rings. The Kier molecular flexibility index (Phi) is 4.93. The molecule has 0 saturated heterocycles. The van der Waals surface area contributed by atoms with Gasteiger partial charge in [-0.05, 0) is 25.0 Å². The average molecular weight is 426 g/mol. The van der Waals surface area contributed by atoms with E-state index in [9.17, 15) is 14.0 Å². The van der Waals surface area contributed by atoms with E-state index >= 15 is 0 Å². The number of carbonyl (C=O) groups excluding carboxylic acids is 2. The van der Waals surface area contributed by atoms with E-state index in [1.165, 1.54) is 0 Å². The van der Waals surface area contributed by atoms with E-state index in [-0.39, 0.29) is 24.2 Å². The highest BCUT2D eigenvalue weighted by Gasteiger charge is 2.34. The number of nitrogens with two attached hydrogens (primary N) is 1. The molecule has 2 aromatic rings. The smallest absolute Gasteiger partial charge is 0.318 e. The van der Waals surface area contributed by atoms with Gasteiger partial charge in [0.2, 0.25) is 0 Å². The van der Waals surface area contributed by atoms with Gasteiger partial charge in [-0.3, -0.25) is 9.48 Å². The predicted molar refractivity (Wildman–Crippen MR) is 103 cm³/mol. The van der Waals surface area contributed by atoms with Gasteiger partial charge in [0.1, 0.15) is 11.9 Å². The summed E-state index contributed by atoms with van der Waals surface area (Å²) in [6.07, 6.45) is -0.167. The van der Waals surface area contributed by atoms with Crippen LogP contribution in [-0.4, -0.2) is 45.4 Å². The van der Waals surface area contributed by atoms with Crippen LogP contribution in [-0.2, 0) is 13.1 Å². The number of halogens is 3. The lowest BCUT2D eigenvalue weighted by Crippen LogP contribution is -2.52. The summed E-state index contributed by atoms with van der Waals surface area (Å²) >= 11 is 12.1. The topological polar surface area (TPSA) is 93.2 Å². The van der Waals surface area contributed by atoms with E-state index in [1.807, 2.05) is 0 Å². The molecule has 0 radical (unpaired) electrons. The zero-order valence-electron chi connectivity index (χ0n) is 14.8. The maximum Gasteiger partial charge on any atom is 0.318 e. The summed E-state index contributed by atoms with van der Waals surface area (Å²) in [6, 6.07) is 4.54. The largest absolute Gasteiger partial charge is 0.365 e. The minimum Gasteiger partial charge on any atom is -0.365 e. The number of urea groups is 1. The fraction of sp³-hybridized carbons (Fsp3) is 0.389. The Hall–Kier alpha value is -2.32. The molecule has 4 rings (SSSR count). The standard InChI is InChI=1S/C18H18Cl2FN5O2/c19-12-2-1-9(5-13(12)20)16-15(17(22)27)14-8-25(3-4-26(14)24-16)18(28)23-11-6-10(21)7-11/h1-2,5,10-11H,3-4,6-8H2,(H2,22,27)(H,23,28). The van der Waals surface area contributed by atoms with Gasteiger partial charge in [0, 0.05) is 18.2 Å². The predicted octanol–water partition coefficient (Wildman–Crippen LogP) is 2.98. The first-order chi connectivity index (χ1) is 13.3. The highest BCUT2D eigenvalue weighted by atomic mass is 35.5. The number of primary amides is 1. The maximum atomic E-state index is 13.0. The van der Waals surface area contributed by atoms with Crippen molar-refractivity contribution in [1.82, 2.24) is 20.0 Å². The highest BCUT2D eigenvalue weighted by Crippen LogP contribution is 2.32. The minimum absolute atomic E-state index is 0.142. The van der Waals surface area contributed by atoms with Crippen molar-refractivity contribution < 1.29 is 14.0 Å². The lowest BCUT2D eigenvalue weighted by atomic mass is 9.91. The number of carbonyl (C=O) groups is 2. The Labute approximate surface area is 170 Å². The van der Waals surface area contributed by atoms with Crippen LogP contribution in [0.25, 0.3) is 11.3 Å². The summed E-state index contributed by atoms with van der Waals surface area (Å²) in [7, 11) is 0. The van der Waals surface area contributed by atoms with Crippen LogP contribution in [0.1, 0.15) is 28.9 Å². The average Bonchev–Trinajstić information content (AvgIpc) is 3.01. The van der Waals surface area contributed by atoms with Gasteiger partial charge >= 0.3 is 6.03 Å². The van der Waals surface area contributed by atoms with Crippen molar-refractivity contribution in [2.75, 3.05) is 6.54 Å². The van der Waals surface area contributed by atoms with Crippen molar-refractivity contribution in [1.29, 1.82) is 0 Å². The molecular formula is C18H18Cl2FN5O2. The number of benzene rings is 1. The lowest BCUT2D eigenvalue weighted by Gasteiger charge is -2.34. The van der Waals surface area contributed by atoms with E-state index in [0.717, 1.165) is 0 Å². The summed E-state index contributed by atoms with van der Waals surface area (Å²) in [5.74, 6) is -0.635. The minimum atomic E-state index is -0.844. The summed E-state index contributed by atoms with van der Waals surface area (Å²) < 4.78 is 14.7. The summed E-state index contributed by atoms with van der Waals surface area (Å²) in [6.45, 7) is 1.02. The van der Waals surface area contributed by atoms with Crippen molar-refractivity contribution in [3.05, 3.63) is 39.5 Å². The SMILES string of the molecule is NC(=O)c1c(-c2ccc(Cl)c(Cl)c2)nn2c1CN(C(=O)NC1CC(F)C1)CC2. The number of rotatable bonds is 3. The first-order valence-electron chi connectivity index (χ1n) is 8.88. The quantitative estimate of drug-likeness (QED) is 0.791. The third-order valence-corrected chi connectivity index (χ3v) is 5.85. The lowest BCUT2D eigenvalue weighted by molar-refractivity contribution is 0.0996. The Balaban J connectivity index is 1.62. The Bertz CT molecular complexity index is 958. The van der Waals surface area contributed by atoms with E-state index in [2.05, 4.69) is 10.4 Å². The molecule has 148 valence electrons. The third-order valence-electron chi connectivity index (χ3n) is 5.11. The molecule has 2 heterocycles. The molecule has 1 aliphatic heterocycles. The Morgan fingerprint density at radius 3 is 2.61 bits per heavy atom. The number of nitrogens with one attached hydrogen (secondary N) is 1. The molecule has 7 nitrogen and oxygen atoms in total. The molecular weight excluding hydrogens is 408 g/mol. The van der Waals surface area contributed by atoms with Crippen LogP contribution >= 0.6 is 23.2 Å². The van der Waals surface area contributed by atoms with E-state index in [1.54, 1.807) is 27.8 Å². The van der Waals surface area contributed by atoms with Crippen molar-refractivity contribution >= 4 is 35.1 Å². The fourth-order valence-corrected chi connectivity index (χ4v) is 3.83. The van der Waals surface area contributed by atoms with Crippen LogP contribution in [0.5, 0.6) is 0 Å². The van der Waals surface area contributed by atoms with Crippen molar-refractivity contribution in [2.24, 2.45) is 5.73 Å². The van der Waals surface area contributed by atoms with Gasteiger partial charge < -0.3 is 16.0 Å². The van der Waals surface area contributed by atoms with Gasteiger partial charge in [-0.1, -0.05) is 29.3 Å². The summed E-state index contributed by atoms with van der Waals surface area (Å²) in [5.41, 5.74) is 7.46. The Morgan fingerprint density at radius 1 is 1.21 bits per heavy atom. The molecule has 28 heavy (non-hydrogen) atoms. The van der Waals surface area contributed by atoms with E-state index < -0.39 is 12.1 Å². The third kappa shape index (κ3) is 3.42. The van der Waals surface area contributed by atoms with Gasteiger partial charge in [0.15, 0.2) is 0 Å². The molecule has 1 fully saturated rings. The van der Waals surface area contributed by atoms with Crippen LogP contribution in [0, 0.1) is 0 Å². The van der Waals surface area contributed by atoms with Crippen LogP contribution in [0.4, 0.5) is 9.18 Å². The van der Waals surface area contributed by atoms with Crippen LogP contribution < -0.4 is 11.1 Å². The van der Waals surface area contributed by atoms with Crippen LogP contribution in [0.15, 0.2) is 18.2 Å². The second-order valence-corrected chi connectivity index (χ2v) is 7.84. The monoisotopic (exact) mass is 425 g/mol. The normalized spacial score (nSPS) is 21.0. The van der Waals surface area contributed by atoms with Gasteiger partial charge in [0.25, 0.3) is 5.91 Å². The number of alkyl halides is 1. The van der Waals surface area contributed by atoms with E-state index in [4.69, 9.17) is 28.9 Å². The molecule has 1 aliphatic carbocycles. The molecule has 3 amide bonds. The number of aromatic nitrogens is 2. The molecule has 0 unspecified atom stereocenters. The first kappa shape index (κ1) is 19.0. The van der Waals surface area contributed by atoms with E-state index in [0.29, 0.717) is 52.9 Å². The van der Waals surface area contributed by atoms with Crippen molar-refractivity contribution in [3.8, 4) is 11.3 Å². The number of hydrogen-bond donors (Lipinski definition) is 2. The first-order valence-corrected chi connectivity index (χ1v) is 9.63. The molecule has 1 saturated carbocycles. The number of nitrogens with zero attached hydrogens (tertiary/aromatic N) is 3. The maximum absolute atomic E-state index is 13.0. The zero-order valence-corrected chi connectivity index (χ0v) is 16.3. The fourth-order valence-electron chi connectivity index (χ4n) is 3.53. The van der Waals surface area contributed by atoms with Gasteiger partial charge in [-0.15, -0.1) is 0 Å². The van der Waals surface area contributed by atoms with Gasteiger partial charge in [-0.2, -0.15) is 5.10 Å². The zero-order chi connectivity index (χ0) is 20.0. The molecule has 1 aromatic heterocycles. The van der Waals surface area contributed by atoms with Crippen molar-refractivity contribution in [3.63, 3.8) is 0 Å². The Morgan fingerprint density at radius 2 is 1.96 bits per heavy atom. The van der Waals surface area contributed by atoms with Crippen LogP contribution in [0.3, 0.4) is 0 Å². The summed E-state index contributed by atoms with van der Waals surface area (Å²) in [5, 5.41) is 8.06. The highest BCUT2D eigenvalue weighted by molar-refractivity contribution is 6.42. The number of hydrogen-bond acceptors (Lipinski definition) is 3. The molecule has 0 atom stereocenters. The van der Waals surface area contributed by atoms with Gasteiger partial charge in [-0.25, -0.2) is 9.18 Å². The summed E-state index contributed by atoms with van der Waals surface area (Å²) in [4.78, 5) is 26.2. The second kappa shape index (κ2) is 7.25. The second-order valence-electron chi connectivity index (χ2n) is 7.02. The number of fused-ring (bicyclic) bond motifs is 1. The van der Waals surface area contributed by atoms with Crippen LogP contribution in [0.2, 0.25) is 10.0 Å². The number of amides is 3. The molecule has 10 heteroatoms. The molecule has 3 N–H and O–H groups in total. The van der Waals surface area contributed by atoms with Gasteiger partial charge in [0.05, 0.1) is 34.4 Å². The van der Waals surface area contributed by atoms with Crippen molar-refractivity contribution in [2.45, 2.75) is 38.1 Å². The molecule has 1 aromatic carbocycles.